The zero-order chi connectivity index (χ0) is 17.9. The standard InChI is InChI=1S/C15H15Cl2N3O4/c1-15(2,14(22)23)20-7-10(6-18-20)19-13(21)8-24-12-4-3-9(16)5-11(12)17/h3-7H,8H2,1-2H3,(H,19,21)(H,22,23). The van der Waals surface area contributed by atoms with Crippen LogP contribution in [0.5, 0.6) is 5.75 Å². The quantitative estimate of drug-likeness (QED) is 0.813. The van der Waals surface area contributed by atoms with Gasteiger partial charge in [-0.1, -0.05) is 23.2 Å². The van der Waals surface area contributed by atoms with Gasteiger partial charge in [-0.3, -0.25) is 9.48 Å². The topological polar surface area (TPSA) is 93.5 Å². The van der Waals surface area contributed by atoms with E-state index in [4.69, 9.17) is 33.0 Å². The van der Waals surface area contributed by atoms with Crippen molar-refractivity contribution >= 4 is 40.8 Å². The van der Waals surface area contributed by atoms with Gasteiger partial charge in [0.05, 0.1) is 16.9 Å². The van der Waals surface area contributed by atoms with Crippen molar-refractivity contribution in [1.29, 1.82) is 0 Å². The van der Waals surface area contributed by atoms with Crippen molar-refractivity contribution in [3.63, 3.8) is 0 Å². The molecule has 1 aromatic heterocycles. The van der Waals surface area contributed by atoms with Gasteiger partial charge < -0.3 is 15.2 Å². The van der Waals surface area contributed by atoms with Gasteiger partial charge >= 0.3 is 5.97 Å². The molecule has 1 aromatic carbocycles. The minimum Gasteiger partial charge on any atom is -0.482 e. The first kappa shape index (κ1) is 18.1. The smallest absolute Gasteiger partial charge is 0.331 e. The first-order chi connectivity index (χ1) is 11.2. The maximum atomic E-state index is 11.9. The summed E-state index contributed by atoms with van der Waals surface area (Å²) in [7, 11) is 0. The highest BCUT2D eigenvalue weighted by atomic mass is 35.5. The number of carboxylic acid groups (broad SMARTS) is 1. The lowest BCUT2D eigenvalue weighted by molar-refractivity contribution is -0.146. The molecule has 1 heterocycles. The number of rotatable bonds is 6. The second-order valence-electron chi connectivity index (χ2n) is 5.45. The van der Waals surface area contributed by atoms with Gasteiger partial charge in [0.1, 0.15) is 5.75 Å². The molecule has 24 heavy (non-hydrogen) atoms. The van der Waals surface area contributed by atoms with Crippen LogP contribution in [-0.2, 0) is 15.1 Å². The number of halogens is 2. The molecule has 0 fully saturated rings. The van der Waals surface area contributed by atoms with Gasteiger partial charge in [-0.2, -0.15) is 5.10 Å². The van der Waals surface area contributed by atoms with Crippen molar-refractivity contribution in [3.05, 3.63) is 40.6 Å². The Kier molecular flexibility index (Phi) is 5.36. The van der Waals surface area contributed by atoms with E-state index in [2.05, 4.69) is 10.4 Å². The lowest BCUT2D eigenvalue weighted by atomic mass is 10.1. The van der Waals surface area contributed by atoms with E-state index >= 15 is 0 Å². The number of nitrogens with zero attached hydrogens (tertiary/aromatic N) is 2. The highest BCUT2D eigenvalue weighted by Gasteiger charge is 2.30. The number of aromatic nitrogens is 2. The highest BCUT2D eigenvalue weighted by Crippen LogP contribution is 2.27. The Balaban J connectivity index is 1.96. The van der Waals surface area contributed by atoms with Crippen LogP contribution in [0.4, 0.5) is 5.69 Å². The van der Waals surface area contributed by atoms with E-state index in [0.29, 0.717) is 21.5 Å². The number of benzene rings is 1. The van der Waals surface area contributed by atoms with Crippen molar-refractivity contribution in [2.75, 3.05) is 11.9 Å². The number of carbonyl (C=O) groups excluding carboxylic acids is 1. The molecule has 2 N–H and O–H groups in total. The van der Waals surface area contributed by atoms with Gasteiger partial charge in [0, 0.05) is 11.2 Å². The molecule has 0 saturated heterocycles. The van der Waals surface area contributed by atoms with Gasteiger partial charge in [0.15, 0.2) is 12.1 Å². The summed E-state index contributed by atoms with van der Waals surface area (Å²) >= 11 is 11.7. The average molecular weight is 372 g/mol. The molecule has 1 amide bonds. The van der Waals surface area contributed by atoms with Crippen LogP contribution in [0.25, 0.3) is 0 Å². The summed E-state index contributed by atoms with van der Waals surface area (Å²) < 4.78 is 6.57. The molecular weight excluding hydrogens is 357 g/mol. The predicted molar refractivity (Wildman–Crippen MR) is 89.8 cm³/mol. The fraction of sp³-hybridized carbons (Fsp3) is 0.267. The summed E-state index contributed by atoms with van der Waals surface area (Å²) in [4.78, 5) is 23.1. The summed E-state index contributed by atoms with van der Waals surface area (Å²) in [6.07, 6.45) is 2.79. The molecule has 0 aliphatic rings. The SMILES string of the molecule is CC(C)(C(=O)O)n1cc(NC(=O)COc2ccc(Cl)cc2Cl)cn1. The van der Waals surface area contributed by atoms with Gasteiger partial charge in [-0.05, 0) is 32.0 Å². The lowest BCUT2D eigenvalue weighted by Crippen LogP contribution is -2.35. The number of carbonyl (C=O) groups is 2. The summed E-state index contributed by atoms with van der Waals surface area (Å²) in [6, 6.07) is 4.67. The third-order valence-electron chi connectivity index (χ3n) is 3.22. The second-order valence-corrected chi connectivity index (χ2v) is 6.29. The van der Waals surface area contributed by atoms with Crippen LogP contribution >= 0.6 is 23.2 Å². The molecule has 128 valence electrons. The summed E-state index contributed by atoms with van der Waals surface area (Å²) in [6.45, 7) is 2.73. The predicted octanol–water partition coefficient (Wildman–Crippen LogP) is 3.03. The Morgan fingerprint density at radius 2 is 2.08 bits per heavy atom. The van der Waals surface area contributed by atoms with Crippen LogP contribution in [0.2, 0.25) is 10.0 Å². The van der Waals surface area contributed by atoms with Crippen molar-refractivity contribution in [3.8, 4) is 5.75 Å². The summed E-state index contributed by atoms with van der Waals surface area (Å²) in [5.74, 6) is -1.14. The van der Waals surface area contributed by atoms with E-state index < -0.39 is 17.4 Å². The van der Waals surface area contributed by atoms with Gasteiger partial charge in [-0.25, -0.2) is 4.79 Å². The van der Waals surface area contributed by atoms with Gasteiger partial charge in [0.25, 0.3) is 5.91 Å². The molecule has 0 aliphatic carbocycles. The average Bonchev–Trinajstić information content (AvgIpc) is 2.95. The van der Waals surface area contributed by atoms with Crippen molar-refractivity contribution in [2.24, 2.45) is 0 Å². The number of hydrogen-bond donors (Lipinski definition) is 2. The maximum Gasteiger partial charge on any atom is 0.331 e. The Morgan fingerprint density at radius 3 is 2.71 bits per heavy atom. The highest BCUT2D eigenvalue weighted by molar-refractivity contribution is 6.35. The van der Waals surface area contributed by atoms with E-state index in [0.717, 1.165) is 0 Å². The molecule has 2 aromatic rings. The summed E-state index contributed by atoms with van der Waals surface area (Å²) in [5.41, 5.74) is -0.865. The Bertz CT molecular complexity index is 774. The van der Waals surface area contributed by atoms with E-state index in [1.165, 1.54) is 37.0 Å². The maximum absolute atomic E-state index is 11.9. The Hall–Kier alpha value is -2.25. The first-order valence-corrected chi connectivity index (χ1v) is 7.62. The third-order valence-corrected chi connectivity index (χ3v) is 3.75. The normalized spacial score (nSPS) is 11.2. The van der Waals surface area contributed by atoms with Crippen LogP contribution in [0.1, 0.15) is 13.8 Å². The number of aliphatic carboxylic acids is 1. The number of carboxylic acids is 1. The van der Waals surface area contributed by atoms with Gasteiger partial charge in [-0.15, -0.1) is 0 Å². The molecular formula is C15H15Cl2N3O4. The molecule has 0 saturated carbocycles. The third kappa shape index (κ3) is 4.18. The van der Waals surface area contributed by atoms with Gasteiger partial charge in [0.2, 0.25) is 0 Å². The molecule has 0 spiro atoms. The molecule has 0 bridgehead atoms. The van der Waals surface area contributed by atoms with Crippen molar-refractivity contribution in [2.45, 2.75) is 19.4 Å². The Morgan fingerprint density at radius 1 is 1.38 bits per heavy atom. The minimum absolute atomic E-state index is 0.269. The van der Waals surface area contributed by atoms with E-state index in [1.54, 1.807) is 12.1 Å². The molecule has 0 radical (unpaired) electrons. The van der Waals surface area contributed by atoms with Crippen LogP contribution in [0, 0.1) is 0 Å². The zero-order valence-electron chi connectivity index (χ0n) is 12.9. The molecule has 2 rings (SSSR count). The fourth-order valence-electron chi connectivity index (χ4n) is 1.72. The second kappa shape index (κ2) is 7.11. The number of anilines is 1. The molecule has 9 heteroatoms. The van der Waals surface area contributed by atoms with E-state index in [1.807, 2.05) is 0 Å². The fourth-order valence-corrected chi connectivity index (χ4v) is 2.19. The number of amides is 1. The molecule has 0 unspecified atom stereocenters. The van der Waals surface area contributed by atoms with Crippen LogP contribution in [-0.4, -0.2) is 33.4 Å². The Labute approximate surface area is 148 Å². The molecule has 0 atom stereocenters. The number of hydrogen-bond acceptors (Lipinski definition) is 4. The largest absolute Gasteiger partial charge is 0.482 e. The first-order valence-electron chi connectivity index (χ1n) is 6.86. The lowest BCUT2D eigenvalue weighted by Gasteiger charge is -2.19. The van der Waals surface area contributed by atoms with Crippen molar-refractivity contribution < 1.29 is 19.4 Å². The number of ether oxygens (including phenoxy) is 1. The van der Waals surface area contributed by atoms with Crippen LogP contribution in [0.3, 0.4) is 0 Å². The zero-order valence-corrected chi connectivity index (χ0v) is 14.4. The summed E-state index contributed by atoms with van der Waals surface area (Å²) in [5, 5.41) is 16.4. The molecule has 0 aliphatic heterocycles. The molecule has 7 nitrogen and oxygen atoms in total. The van der Waals surface area contributed by atoms with Crippen molar-refractivity contribution in [1.82, 2.24) is 9.78 Å². The van der Waals surface area contributed by atoms with Crippen LogP contribution < -0.4 is 10.1 Å². The monoisotopic (exact) mass is 371 g/mol. The van der Waals surface area contributed by atoms with Crippen LogP contribution in [0.15, 0.2) is 30.6 Å². The van der Waals surface area contributed by atoms with E-state index in [9.17, 15) is 9.59 Å². The number of nitrogens with one attached hydrogen (secondary N) is 1. The minimum atomic E-state index is -1.23. The van der Waals surface area contributed by atoms with E-state index in [-0.39, 0.29) is 6.61 Å².